The smallest absolute Gasteiger partial charge is 0.268 e. The fourth-order valence-corrected chi connectivity index (χ4v) is 4.57. The molecule has 0 unspecified atom stereocenters. The van der Waals surface area contributed by atoms with E-state index in [1.54, 1.807) is 37.3 Å². The Kier molecular flexibility index (Phi) is 4.05. The van der Waals surface area contributed by atoms with Gasteiger partial charge in [0.1, 0.15) is 6.07 Å². The first kappa shape index (κ1) is 17.1. The van der Waals surface area contributed by atoms with E-state index in [1.807, 2.05) is 38.1 Å². The molecule has 0 amide bonds. The van der Waals surface area contributed by atoms with Crippen LogP contribution in [0.5, 0.6) is 0 Å². The van der Waals surface area contributed by atoms with Crippen LogP contribution in [0.15, 0.2) is 47.4 Å². The Morgan fingerprint density at radius 1 is 1.04 bits per heavy atom. The molecule has 6 heteroatoms. The monoisotopic (exact) mass is 353 g/mol. The van der Waals surface area contributed by atoms with Crippen LogP contribution in [0.25, 0.3) is 10.9 Å². The summed E-state index contributed by atoms with van der Waals surface area (Å²) in [5.74, 6) is 0. The van der Waals surface area contributed by atoms with Crippen molar-refractivity contribution >= 4 is 26.6 Å². The summed E-state index contributed by atoms with van der Waals surface area (Å²) in [4.78, 5) is 2.11. The van der Waals surface area contributed by atoms with Gasteiger partial charge < -0.3 is 4.90 Å². The van der Waals surface area contributed by atoms with E-state index >= 15 is 0 Å². The predicted octanol–water partition coefficient (Wildman–Crippen LogP) is 3.43. The molecule has 128 valence electrons. The van der Waals surface area contributed by atoms with Crippen molar-refractivity contribution in [3.63, 3.8) is 0 Å². The second kappa shape index (κ2) is 5.94. The Labute approximate surface area is 147 Å². The number of fused-ring (bicyclic) bond motifs is 1. The maximum absolute atomic E-state index is 13.2. The molecule has 0 fully saturated rings. The van der Waals surface area contributed by atoms with Crippen molar-refractivity contribution in [2.45, 2.75) is 18.7 Å². The number of hydrogen-bond donors (Lipinski definition) is 0. The maximum Gasteiger partial charge on any atom is 0.268 e. The number of aryl methyl sites for hydroxylation is 2. The molecule has 25 heavy (non-hydrogen) atoms. The highest BCUT2D eigenvalue weighted by atomic mass is 32.2. The van der Waals surface area contributed by atoms with Crippen LogP contribution in [0.3, 0.4) is 0 Å². The van der Waals surface area contributed by atoms with E-state index in [0.717, 1.165) is 16.6 Å². The van der Waals surface area contributed by atoms with E-state index in [9.17, 15) is 13.7 Å². The second-order valence-electron chi connectivity index (χ2n) is 6.27. The first-order valence-electron chi connectivity index (χ1n) is 7.82. The van der Waals surface area contributed by atoms with Gasteiger partial charge in [-0.2, -0.15) is 5.26 Å². The van der Waals surface area contributed by atoms with E-state index in [4.69, 9.17) is 0 Å². The topological polar surface area (TPSA) is 66.1 Å². The zero-order valence-corrected chi connectivity index (χ0v) is 15.4. The highest BCUT2D eigenvalue weighted by molar-refractivity contribution is 7.90. The Bertz CT molecular complexity index is 1100. The molecule has 5 nitrogen and oxygen atoms in total. The summed E-state index contributed by atoms with van der Waals surface area (Å²) in [5, 5.41) is 10.2. The van der Waals surface area contributed by atoms with Gasteiger partial charge in [-0.05, 0) is 44.2 Å². The summed E-state index contributed by atoms with van der Waals surface area (Å²) in [7, 11) is -0.0160. The lowest BCUT2D eigenvalue weighted by molar-refractivity contribution is 0.588. The van der Waals surface area contributed by atoms with Gasteiger partial charge in [-0.15, -0.1) is 0 Å². The summed E-state index contributed by atoms with van der Waals surface area (Å²) in [6, 6.07) is 14.2. The van der Waals surface area contributed by atoms with E-state index in [2.05, 4.69) is 6.07 Å². The molecular weight excluding hydrogens is 334 g/mol. The number of rotatable bonds is 3. The molecule has 2 aromatic carbocycles. The third-order valence-electron chi connectivity index (χ3n) is 4.23. The first-order chi connectivity index (χ1) is 11.8. The molecular formula is C19H19N3O2S. The molecule has 0 aliphatic carbocycles. The molecule has 3 rings (SSSR count). The van der Waals surface area contributed by atoms with Gasteiger partial charge in [0.15, 0.2) is 0 Å². The van der Waals surface area contributed by atoms with Crippen LogP contribution in [0.4, 0.5) is 5.69 Å². The van der Waals surface area contributed by atoms with Gasteiger partial charge in [-0.25, -0.2) is 12.4 Å². The summed E-state index contributed by atoms with van der Waals surface area (Å²) >= 11 is 0. The molecule has 0 radical (unpaired) electrons. The Morgan fingerprint density at radius 2 is 1.68 bits per heavy atom. The largest absolute Gasteiger partial charge is 0.377 e. The minimum atomic E-state index is -3.80. The molecule has 0 saturated carbocycles. The highest BCUT2D eigenvalue weighted by Gasteiger charge is 2.24. The zero-order valence-electron chi connectivity index (χ0n) is 14.6. The Balaban J connectivity index is 2.41. The van der Waals surface area contributed by atoms with Gasteiger partial charge in [0.25, 0.3) is 10.0 Å². The predicted molar refractivity (Wildman–Crippen MR) is 99.5 cm³/mol. The molecule has 0 spiro atoms. The van der Waals surface area contributed by atoms with Gasteiger partial charge in [-0.1, -0.05) is 17.7 Å². The van der Waals surface area contributed by atoms with Crippen molar-refractivity contribution in [1.82, 2.24) is 3.97 Å². The molecule has 1 heterocycles. The number of hydrogen-bond acceptors (Lipinski definition) is 4. The number of nitriles is 1. The van der Waals surface area contributed by atoms with Crippen molar-refractivity contribution in [2.24, 2.45) is 0 Å². The fourth-order valence-electron chi connectivity index (χ4n) is 3.01. The molecule has 1 aromatic heterocycles. The van der Waals surface area contributed by atoms with Gasteiger partial charge in [0.2, 0.25) is 0 Å². The van der Waals surface area contributed by atoms with Crippen LogP contribution < -0.4 is 4.90 Å². The summed E-state index contributed by atoms with van der Waals surface area (Å²) in [6.45, 7) is 3.65. The molecule has 0 bridgehead atoms. The maximum atomic E-state index is 13.2. The molecule has 0 aliphatic rings. The molecule has 0 atom stereocenters. The first-order valence-corrected chi connectivity index (χ1v) is 9.26. The number of anilines is 1. The van der Waals surface area contributed by atoms with Crippen molar-refractivity contribution in [1.29, 1.82) is 5.26 Å². The van der Waals surface area contributed by atoms with Crippen LogP contribution in [0, 0.1) is 25.2 Å². The second-order valence-corrected chi connectivity index (χ2v) is 8.06. The molecule has 3 aromatic rings. The van der Waals surface area contributed by atoms with Gasteiger partial charge in [0.05, 0.1) is 16.0 Å². The quantitative estimate of drug-likeness (QED) is 0.723. The van der Waals surface area contributed by atoms with Crippen molar-refractivity contribution in [3.05, 3.63) is 59.3 Å². The normalized spacial score (nSPS) is 11.5. The third-order valence-corrected chi connectivity index (χ3v) is 6.05. The summed E-state index contributed by atoms with van der Waals surface area (Å²) in [5.41, 5.74) is 3.19. The standard InChI is InChI=1S/C19H19N3O2S/c1-13-5-8-16(9-6-13)25(23,24)22-14(2)11-17-18(21(3)4)10-7-15(12-20)19(17)22/h5-11H,1-4H3. The number of nitrogens with zero attached hydrogens (tertiary/aromatic N) is 3. The van der Waals surface area contributed by atoms with E-state index in [1.165, 1.54) is 3.97 Å². The van der Waals surface area contributed by atoms with Crippen LogP contribution in [-0.4, -0.2) is 26.5 Å². The fraction of sp³-hybridized carbons (Fsp3) is 0.211. The third kappa shape index (κ3) is 2.67. The van der Waals surface area contributed by atoms with E-state index < -0.39 is 10.0 Å². The summed E-state index contributed by atoms with van der Waals surface area (Å²) < 4.78 is 27.7. The highest BCUT2D eigenvalue weighted by Crippen LogP contribution is 2.33. The number of aromatic nitrogens is 1. The van der Waals surface area contributed by atoms with Crippen LogP contribution in [-0.2, 0) is 10.0 Å². The van der Waals surface area contributed by atoms with Crippen LogP contribution in [0.1, 0.15) is 16.8 Å². The lowest BCUT2D eigenvalue weighted by atomic mass is 10.1. The average molecular weight is 353 g/mol. The van der Waals surface area contributed by atoms with Crippen LogP contribution >= 0.6 is 0 Å². The van der Waals surface area contributed by atoms with E-state index in [0.29, 0.717) is 16.8 Å². The minimum Gasteiger partial charge on any atom is -0.377 e. The minimum absolute atomic E-state index is 0.206. The lowest BCUT2D eigenvalue weighted by Gasteiger charge is -2.15. The zero-order chi connectivity index (χ0) is 18.4. The average Bonchev–Trinajstić information content (AvgIpc) is 2.91. The van der Waals surface area contributed by atoms with Gasteiger partial charge >= 0.3 is 0 Å². The SMILES string of the molecule is Cc1ccc(S(=O)(=O)n2c(C)cc3c(N(C)C)ccc(C#N)c32)cc1. The molecule has 0 aliphatic heterocycles. The van der Waals surface area contributed by atoms with Gasteiger partial charge in [-0.3, -0.25) is 0 Å². The van der Waals surface area contributed by atoms with Crippen molar-refractivity contribution < 1.29 is 8.42 Å². The van der Waals surface area contributed by atoms with E-state index in [-0.39, 0.29) is 4.90 Å². The lowest BCUT2D eigenvalue weighted by Crippen LogP contribution is -2.15. The van der Waals surface area contributed by atoms with Crippen molar-refractivity contribution in [2.75, 3.05) is 19.0 Å². The van der Waals surface area contributed by atoms with Crippen LogP contribution in [0.2, 0.25) is 0 Å². The molecule has 0 N–H and O–H groups in total. The van der Waals surface area contributed by atoms with Crippen molar-refractivity contribution in [3.8, 4) is 6.07 Å². The Morgan fingerprint density at radius 3 is 2.24 bits per heavy atom. The Hall–Kier alpha value is -2.78. The van der Waals surface area contributed by atoms with Gasteiger partial charge in [0, 0.05) is 30.9 Å². The number of benzene rings is 2. The summed E-state index contributed by atoms with van der Waals surface area (Å²) in [6.07, 6.45) is 0. The molecule has 0 saturated heterocycles.